The van der Waals surface area contributed by atoms with Gasteiger partial charge in [0, 0.05) is 36.9 Å². The molecule has 0 aliphatic heterocycles. The van der Waals surface area contributed by atoms with Crippen molar-refractivity contribution in [2.45, 2.75) is 31.8 Å². The summed E-state index contributed by atoms with van der Waals surface area (Å²) in [4.78, 5) is 21.4. The van der Waals surface area contributed by atoms with Crippen molar-refractivity contribution in [2.24, 2.45) is 0 Å². The molecule has 0 bridgehead atoms. The molecule has 0 saturated heterocycles. The highest BCUT2D eigenvalue weighted by Crippen LogP contribution is 2.39. The molecular weight excluding hydrogens is 463 g/mol. The van der Waals surface area contributed by atoms with Crippen LogP contribution in [0.25, 0.3) is 11.3 Å². The summed E-state index contributed by atoms with van der Waals surface area (Å²) in [7, 11) is 1.39. The average Bonchev–Trinajstić information content (AvgIpc) is 3.24. The lowest BCUT2D eigenvalue weighted by molar-refractivity contribution is 0.0945. The van der Waals surface area contributed by atoms with Crippen LogP contribution in [0.2, 0.25) is 0 Å². The Morgan fingerprint density at radius 3 is 2.86 bits per heavy atom. The minimum Gasteiger partial charge on any atom is -0.494 e. The summed E-state index contributed by atoms with van der Waals surface area (Å²) < 4.78 is 25.4. The maximum absolute atomic E-state index is 15.0. The fourth-order valence-electron chi connectivity index (χ4n) is 4.26. The molecule has 0 atom stereocenters. The first-order valence-corrected chi connectivity index (χ1v) is 11.6. The summed E-state index contributed by atoms with van der Waals surface area (Å²) >= 11 is 0. The molecule has 1 aromatic carbocycles. The molecule has 1 fully saturated rings. The van der Waals surface area contributed by atoms with Crippen LogP contribution in [-0.2, 0) is 13.1 Å². The Morgan fingerprint density at radius 2 is 2.08 bits per heavy atom. The van der Waals surface area contributed by atoms with Gasteiger partial charge < -0.3 is 19.0 Å². The number of amides is 1. The number of carbonyl (C=O) groups excluding carboxylic acids is 1. The summed E-state index contributed by atoms with van der Waals surface area (Å²) in [5, 5.41) is 10.8. The van der Waals surface area contributed by atoms with E-state index in [-0.39, 0.29) is 23.6 Å². The van der Waals surface area contributed by atoms with Crippen molar-refractivity contribution in [2.75, 3.05) is 7.11 Å². The van der Waals surface area contributed by atoms with Crippen molar-refractivity contribution in [1.29, 1.82) is 0 Å². The van der Waals surface area contributed by atoms with E-state index in [9.17, 15) is 4.79 Å². The predicted molar refractivity (Wildman–Crippen MR) is 128 cm³/mol. The van der Waals surface area contributed by atoms with Gasteiger partial charge >= 0.3 is 0 Å². The first kappa shape index (κ1) is 22.0. The van der Waals surface area contributed by atoms with Gasteiger partial charge in [-0.3, -0.25) is 4.79 Å². The number of benzene rings is 1. The number of imidazole rings is 2. The van der Waals surface area contributed by atoms with Gasteiger partial charge in [-0.1, -0.05) is 11.3 Å². The topological polar surface area (TPSA) is 104 Å². The molecule has 5 aromatic rings. The fourth-order valence-corrected chi connectivity index (χ4v) is 4.26. The van der Waals surface area contributed by atoms with Gasteiger partial charge in [-0.2, -0.15) is 0 Å². The zero-order valence-corrected chi connectivity index (χ0v) is 19.5. The third-order valence-corrected chi connectivity index (χ3v) is 6.28. The molecule has 0 spiro atoms. The molecule has 4 heterocycles. The molecule has 36 heavy (non-hydrogen) atoms. The second kappa shape index (κ2) is 8.91. The molecule has 1 aliphatic rings. The Kier molecular flexibility index (Phi) is 5.44. The van der Waals surface area contributed by atoms with E-state index in [4.69, 9.17) is 4.74 Å². The number of halogens is 1. The van der Waals surface area contributed by atoms with Gasteiger partial charge in [0.15, 0.2) is 17.3 Å². The molecule has 11 heteroatoms. The maximum Gasteiger partial charge on any atom is 0.273 e. The number of fused-ring (bicyclic) bond motifs is 1. The van der Waals surface area contributed by atoms with E-state index in [0.29, 0.717) is 18.2 Å². The molecule has 0 unspecified atom stereocenters. The van der Waals surface area contributed by atoms with Crippen LogP contribution in [0, 0.1) is 5.82 Å². The smallest absolute Gasteiger partial charge is 0.273 e. The van der Waals surface area contributed by atoms with Gasteiger partial charge in [0.05, 0.1) is 37.6 Å². The molecular formula is C25H23FN8O2. The Hall–Kier alpha value is -4.54. The summed E-state index contributed by atoms with van der Waals surface area (Å²) in [6.45, 7) is 0.300. The molecule has 0 radical (unpaired) electrons. The number of nitrogens with zero attached hydrogens (tertiary/aromatic N) is 7. The van der Waals surface area contributed by atoms with E-state index in [1.54, 1.807) is 40.2 Å². The number of carbonyl (C=O) groups is 1. The quantitative estimate of drug-likeness (QED) is 0.361. The van der Waals surface area contributed by atoms with Crippen molar-refractivity contribution >= 4 is 11.6 Å². The predicted octanol–water partition coefficient (Wildman–Crippen LogP) is 3.11. The van der Waals surface area contributed by atoms with Crippen molar-refractivity contribution in [3.8, 4) is 11.4 Å². The number of methoxy groups -OCH3 is 1. The normalized spacial score (nSPS) is 13.3. The Morgan fingerprint density at radius 1 is 1.19 bits per heavy atom. The number of rotatable bonds is 8. The van der Waals surface area contributed by atoms with Gasteiger partial charge in [0.2, 0.25) is 0 Å². The Bertz CT molecular complexity index is 1550. The SMILES string of the molecule is COc1ccc(-n2ccnc2)c(CNC(=O)c2cn(Cc3cn4cc(C5CC5)ccc4n3)nn2)c1F. The van der Waals surface area contributed by atoms with Gasteiger partial charge in [0.25, 0.3) is 5.91 Å². The summed E-state index contributed by atoms with van der Waals surface area (Å²) in [5.41, 5.74) is 3.94. The molecule has 10 nitrogen and oxygen atoms in total. The fraction of sp³-hybridized carbons (Fsp3) is 0.240. The third kappa shape index (κ3) is 4.19. The number of ether oxygens (including phenoxy) is 1. The van der Waals surface area contributed by atoms with Crippen LogP contribution < -0.4 is 10.1 Å². The van der Waals surface area contributed by atoms with Crippen molar-refractivity contribution in [3.63, 3.8) is 0 Å². The summed E-state index contributed by atoms with van der Waals surface area (Å²) in [6, 6.07) is 7.40. The lowest BCUT2D eigenvalue weighted by Gasteiger charge is -2.14. The van der Waals surface area contributed by atoms with Gasteiger partial charge in [-0.15, -0.1) is 5.10 Å². The van der Waals surface area contributed by atoms with Crippen LogP contribution in [0.15, 0.2) is 61.6 Å². The number of nitrogens with one attached hydrogen (secondary N) is 1. The van der Waals surface area contributed by atoms with Gasteiger partial charge in [0.1, 0.15) is 5.65 Å². The average molecular weight is 487 g/mol. The van der Waals surface area contributed by atoms with Crippen molar-refractivity contribution in [1.82, 2.24) is 39.2 Å². The molecule has 182 valence electrons. The minimum absolute atomic E-state index is 0.0714. The van der Waals surface area contributed by atoms with E-state index in [1.807, 2.05) is 16.7 Å². The second-order valence-electron chi connectivity index (χ2n) is 8.77. The van der Waals surface area contributed by atoms with Crippen LogP contribution in [0.5, 0.6) is 5.75 Å². The zero-order valence-electron chi connectivity index (χ0n) is 19.5. The van der Waals surface area contributed by atoms with E-state index in [1.165, 1.54) is 31.6 Å². The number of aromatic nitrogens is 7. The van der Waals surface area contributed by atoms with Gasteiger partial charge in [-0.05, 0) is 42.5 Å². The molecule has 1 aliphatic carbocycles. The van der Waals surface area contributed by atoms with Crippen LogP contribution in [0.3, 0.4) is 0 Å². The van der Waals surface area contributed by atoms with Crippen LogP contribution >= 0.6 is 0 Å². The first-order valence-electron chi connectivity index (χ1n) is 11.6. The highest BCUT2D eigenvalue weighted by Gasteiger charge is 2.24. The molecule has 1 N–H and O–H groups in total. The zero-order chi connectivity index (χ0) is 24.6. The number of pyridine rings is 1. The molecule has 1 amide bonds. The largest absolute Gasteiger partial charge is 0.494 e. The van der Waals surface area contributed by atoms with Crippen molar-refractivity contribution < 1.29 is 13.9 Å². The first-order chi connectivity index (χ1) is 17.6. The molecule has 6 rings (SSSR count). The van der Waals surface area contributed by atoms with E-state index < -0.39 is 11.7 Å². The Labute approximate surface area is 205 Å². The van der Waals surface area contributed by atoms with E-state index in [0.717, 1.165) is 11.3 Å². The second-order valence-corrected chi connectivity index (χ2v) is 8.77. The van der Waals surface area contributed by atoms with Crippen molar-refractivity contribution in [3.05, 3.63) is 89.9 Å². The Balaban J connectivity index is 1.16. The summed E-state index contributed by atoms with van der Waals surface area (Å²) in [5.74, 6) is -0.266. The summed E-state index contributed by atoms with van der Waals surface area (Å²) in [6.07, 6.45) is 13.0. The third-order valence-electron chi connectivity index (χ3n) is 6.28. The molecule has 1 saturated carbocycles. The van der Waals surface area contributed by atoms with E-state index >= 15 is 4.39 Å². The highest BCUT2D eigenvalue weighted by molar-refractivity contribution is 5.91. The lowest BCUT2D eigenvalue weighted by atomic mass is 10.1. The van der Waals surface area contributed by atoms with Gasteiger partial charge in [-0.25, -0.2) is 19.0 Å². The minimum atomic E-state index is -0.552. The number of hydrogen-bond acceptors (Lipinski definition) is 6. The maximum atomic E-state index is 15.0. The monoisotopic (exact) mass is 486 g/mol. The van der Waals surface area contributed by atoms with E-state index in [2.05, 4.69) is 37.9 Å². The number of hydrogen-bond donors (Lipinski definition) is 1. The van der Waals surface area contributed by atoms with Crippen LogP contribution in [-0.4, -0.2) is 46.9 Å². The standard InChI is InChI=1S/C25H23FN8O2/c1-36-22-6-5-21(32-9-8-27-15-32)19(24(22)26)10-28-25(35)20-14-34(31-30-20)13-18-12-33-11-17(16-2-3-16)4-7-23(33)29-18/h4-9,11-12,14-16H,2-3,10,13H2,1H3,(H,28,35). The highest BCUT2D eigenvalue weighted by atomic mass is 19.1. The van der Waals surface area contributed by atoms with Crippen LogP contribution in [0.1, 0.15) is 46.1 Å². The molecule has 4 aromatic heterocycles. The van der Waals surface area contributed by atoms with Crippen LogP contribution in [0.4, 0.5) is 4.39 Å². The lowest BCUT2D eigenvalue weighted by Crippen LogP contribution is -2.24.